The number of ether oxygens (including phenoxy) is 1. The fourth-order valence-electron chi connectivity index (χ4n) is 2.63. The van der Waals surface area contributed by atoms with Gasteiger partial charge in [-0.2, -0.15) is 0 Å². The SMILES string of the molecule is COc1ccc(NC(C)=O)cc1NC(=O)c1ccc2c(c1)NC(=O)[C@@H](C)S2. The average Bonchev–Trinajstić information content (AvgIpc) is 2.62. The van der Waals surface area contributed by atoms with Gasteiger partial charge in [-0.25, -0.2) is 0 Å². The first kappa shape index (κ1) is 18.8. The lowest BCUT2D eigenvalue weighted by Crippen LogP contribution is -2.26. The zero-order chi connectivity index (χ0) is 19.6. The summed E-state index contributed by atoms with van der Waals surface area (Å²) in [4.78, 5) is 36.7. The van der Waals surface area contributed by atoms with E-state index in [4.69, 9.17) is 4.74 Å². The van der Waals surface area contributed by atoms with Crippen LogP contribution in [0.3, 0.4) is 0 Å². The molecule has 8 heteroatoms. The molecule has 1 aliphatic heterocycles. The lowest BCUT2D eigenvalue weighted by atomic mass is 10.1. The van der Waals surface area contributed by atoms with E-state index in [-0.39, 0.29) is 23.0 Å². The van der Waals surface area contributed by atoms with Gasteiger partial charge in [0.1, 0.15) is 5.75 Å². The molecule has 0 spiro atoms. The van der Waals surface area contributed by atoms with Gasteiger partial charge in [0, 0.05) is 23.1 Å². The maximum Gasteiger partial charge on any atom is 0.255 e. The van der Waals surface area contributed by atoms with Gasteiger partial charge >= 0.3 is 0 Å². The highest BCUT2D eigenvalue weighted by molar-refractivity contribution is 8.00. The third-order valence-electron chi connectivity index (χ3n) is 3.94. The number of nitrogens with one attached hydrogen (secondary N) is 3. The second-order valence-corrected chi connectivity index (χ2v) is 7.39. The van der Waals surface area contributed by atoms with E-state index in [1.807, 2.05) is 13.0 Å². The van der Waals surface area contributed by atoms with Crippen molar-refractivity contribution >= 4 is 46.5 Å². The zero-order valence-electron chi connectivity index (χ0n) is 15.1. The average molecular weight is 385 g/mol. The van der Waals surface area contributed by atoms with Gasteiger partial charge in [0.15, 0.2) is 0 Å². The minimum Gasteiger partial charge on any atom is -0.495 e. The van der Waals surface area contributed by atoms with E-state index in [1.54, 1.807) is 30.3 Å². The highest BCUT2D eigenvalue weighted by Crippen LogP contribution is 2.36. The van der Waals surface area contributed by atoms with Gasteiger partial charge in [0.25, 0.3) is 5.91 Å². The molecule has 3 N–H and O–H groups in total. The molecule has 1 aliphatic rings. The van der Waals surface area contributed by atoms with Crippen LogP contribution in [0.25, 0.3) is 0 Å². The van der Waals surface area contributed by atoms with Crippen molar-refractivity contribution in [2.75, 3.05) is 23.1 Å². The molecule has 0 unspecified atom stereocenters. The number of anilines is 3. The van der Waals surface area contributed by atoms with Gasteiger partial charge in [-0.1, -0.05) is 0 Å². The Hall–Kier alpha value is -3.00. The molecular formula is C19H19N3O4S. The molecule has 7 nitrogen and oxygen atoms in total. The Bertz CT molecular complexity index is 929. The number of carbonyl (C=O) groups excluding carboxylic acids is 3. The first-order valence-corrected chi connectivity index (χ1v) is 9.14. The highest BCUT2D eigenvalue weighted by atomic mass is 32.2. The molecule has 2 aromatic rings. The molecule has 0 aromatic heterocycles. The molecule has 0 aliphatic carbocycles. The molecule has 3 amide bonds. The molecule has 0 fully saturated rings. The van der Waals surface area contributed by atoms with Crippen molar-refractivity contribution in [2.45, 2.75) is 24.0 Å². The van der Waals surface area contributed by atoms with Gasteiger partial charge in [0.2, 0.25) is 11.8 Å². The van der Waals surface area contributed by atoms with E-state index in [2.05, 4.69) is 16.0 Å². The zero-order valence-corrected chi connectivity index (χ0v) is 15.9. The standard InChI is InChI=1S/C19H19N3O4S/c1-10-18(24)22-15-8-12(4-7-17(15)27-10)19(25)21-14-9-13(20-11(2)23)5-6-16(14)26-3/h4-10H,1-3H3,(H,20,23)(H,21,25)(H,22,24)/t10-/m1/s1. The van der Waals surface area contributed by atoms with E-state index in [0.29, 0.717) is 28.4 Å². The molecule has 1 atom stereocenters. The van der Waals surface area contributed by atoms with Crippen LogP contribution in [0, 0.1) is 0 Å². The fraction of sp³-hybridized carbons (Fsp3) is 0.211. The molecule has 140 valence electrons. The van der Waals surface area contributed by atoms with Crippen molar-refractivity contribution in [3.8, 4) is 5.75 Å². The Morgan fingerprint density at radius 2 is 1.93 bits per heavy atom. The quantitative estimate of drug-likeness (QED) is 0.750. The maximum absolute atomic E-state index is 12.7. The first-order valence-electron chi connectivity index (χ1n) is 8.26. The van der Waals surface area contributed by atoms with E-state index in [0.717, 1.165) is 4.90 Å². The van der Waals surface area contributed by atoms with Crippen molar-refractivity contribution < 1.29 is 19.1 Å². The highest BCUT2D eigenvalue weighted by Gasteiger charge is 2.24. The van der Waals surface area contributed by atoms with Crippen LogP contribution in [0.2, 0.25) is 0 Å². The maximum atomic E-state index is 12.7. The Balaban J connectivity index is 1.84. The number of benzene rings is 2. The Morgan fingerprint density at radius 3 is 2.63 bits per heavy atom. The predicted molar refractivity (Wildman–Crippen MR) is 106 cm³/mol. The smallest absolute Gasteiger partial charge is 0.255 e. The van der Waals surface area contributed by atoms with Crippen molar-refractivity contribution in [2.24, 2.45) is 0 Å². The molecule has 27 heavy (non-hydrogen) atoms. The van der Waals surface area contributed by atoms with Crippen LogP contribution >= 0.6 is 11.8 Å². The van der Waals surface area contributed by atoms with Crippen LogP contribution in [0.4, 0.5) is 17.1 Å². The van der Waals surface area contributed by atoms with E-state index in [1.165, 1.54) is 25.8 Å². The number of methoxy groups -OCH3 is 1. The monoisotopic (exact) mass is 385 g/mol. The Labute approximate surface area is 160 Å². The molecule has 0 saturated heterocycles. The third kappa shape index (κ3) is 4.22. The summed E-state index contributed by atoms with van der Waals surface area (Å²) in [6, 6.07) is 10.1. The van der Waals surface area contributed by atoms with Gasteiger partial charge < -0.3 is 20.7 Å². The summed E-state index contributed by atoms with van der Waals surface area (Å²) in [7, 11) is 1.50. The van der Waals surface area contributed by atoms with Crippen molar-refractivity contribution in [3.05, 3.63) is 42.0 Å². The van der Waals surface area contributed by atoms with Crippen LogP contribution in [-0.4, -0.2) is 30.1 Å². The lowest BCUT2D eigenvalue weighted by Gasteiger charge is -2.21. The summed E-state index contributed by atoms with van der Waals surface area (Å²) in [5, 5.41) is 8.09. The van der Waals surface area contributed by atoms with Crippen LogP contribution in [0.5, 0.6) is 5.75 Å². The third-order valence-corrected chi connectivity index (χ3v) is 5.12. The van der Waals surface area contributed by atoms with Crippen LogP contribution in [0.15, 0.2) is 41.3 Å². The number of thioether (sulfide) groups is 1. The van der Waals surface area contributed by atoms with Gasteiger partial charge in [-0.3, -0.25) is 14.4 Å². The Morgan fingerprint density at radius 1 is 1.15 bits per heavy atom. The molecule has 2 aromatic carbocycles. The van der Waals surface area contributed by atoms with E-state index < -0.39 is 0 Å². The number of amides is 3. The summed E-state index contributed by atoms with van der Waals surface area (Å²) in [5.74, 6) is -0.189. The topological polar surface area (TPSA) is 96.5 Å². The molecule has 1 heterocycles. The van der Waals surface area contributed by atoms with E-state index in [9.17, 15) is 14.4 Å². The molecule has 3 rings (SSSR count). The number of fused-ring (bicyclic) bond motifs is 1. The lowest BCUT2D eigenvalue weighted by molar-refractivity contribution is -0.115. The Kier molecular flexibility index (Phi) is 5.36. The predicted octanol–water partition coefficient (Wildman–Crippen LogP) is 3.34. The summed E-state index contributed by atoms with van der Waals surface area (Å²) < 4.78 is 5.27. The van der Waals surface area contributed by atoms with Crippen LogP contribution in [-0.2, 0) is 9.59 Å². The van der Waals surface area contributed by atoms with Crippen molar-refractivity contribution in [1.29, 1.82) is 0 Å². The molecular weight excluding hydrogens is 366 g/mol. The van der Waals surface area contributed by atoms with Gasteiger partial charge in [-0.15, -0.1) is 11.8 Å². The minimum absolute atomic E-state index is 0.0882. The number of hydrogen-bond donors (Lipinski definition) is 3. The first-order chi connectivity index (χ1) is 12.9. The van der Waals surface area contributed by atoms with Gasteiger partial charge in [-0.05, 0) is 43.3 Å². The largest absolute Gasteiger partial charge is 0.495 e. The second kappa shape index (κ2) is 7.71. The van der Waals surface area contributed by atoms with E-state index >= 15 is 0 Å². The van der Waals surface area contributed by atoms with Crippen LogP contribution in [0.1, 0.15) is 24.2 Å². The number of hydrogen-bond acceptors (Lipinski definition) is 5. The van der Waals surface area contributed by atoms with Crippen LogP contribution < -0.4 is 20.7 Å². The summed E-state index contributed by atoms with van der Waals surface area (Å²) in [5.41, 5.74) is 1.99. The fourth-order valence-corrected chi connectivity index (χ4v) is 3.56. The normalized spacial score (nSPS) is 15.4. The summed E-state index contributed by atoms with van der Waals surface area (Å²) in [6.07, 6.45) is 0. The van der Waals surface area contributed by atoms with Gasteiger partial charge in [0.05, 0.1) is 23.7 Å². The summed E-state index contributed by atoms with van der Waals surface area (Å²) >= 11 is 1.45. The molecule has 0 saturated carbocycles. The number of rotatable bonds is 4. The van der Waals surface area contributed by atoms with Crippen molar-refractivity contribution in [3.63, 3.8) is 0 Å². The minimum atomic E-state index is -0.353. The summed E-state index contributed by atoms with van der Waals surface area (Å²) in [6.45, 7) is 3.24. The van der Waals surface area contributed by atoms with Crippen molar-refractivity contribution in [1.82, 2.24) is 0 Å². The molecule has 0 bridgehead atoms. The number of carbonyl (C=O) groups is 3. The molecule has 0 radical (unpaired) electrons. The second-order valence-electron chi connectivity index (χ2n) is 6.01.